The highest BCUT2D eigenvalue weighted by Gasteiger charge is 2.54. The monoisotopic (exact) mass is 430 g/mol. The third-order valence-electron chi connectivity index (χ3n) is 7.06. The molecular formula is C24H34N2O3S. The van der Waals surface area contributed by atoms with Gasteiger partial charge in [-0.25, -0.2) is 0 Å². The Hall–Kier alpha value is -1.34. The number of fused-ring (bicyclic) bond motifs is 2. The van der Waals surface area contributed by atoms with Crippen LogP contribution in [0.2, 0.25) is 0 Å². The van der Waals surface area contributed by atoms with Crippen molar-refractivity contribution >= 4 is 17.7 Å². The smallest absolute Gasteiger partial charge is 0.246 e. The van der Waals surface area contributed by atoms with Crippen LogP contribution in [0.15, 0.2) is 36.9 Å². The third-order valence-corrected chi connectivity index (χ3v) is 8.11. The lowest BCUT2D eigenvalue weighted by Gasteiger charge is -2.47. The topological polar surface area (TPSA) is 50.8 Å². The van der Waals surface area contributed by atoms with Crippen LogP contribution in [0.3, 0.4) is 0 Å². The minimum atomic E-state index is -0.151. The summed E-state index contributed by atoms with van der Waals surface area (Å²) < 4.78 is 11.5. The Bertz CT molecular complexity index is 742. The fourth-order valence-corrected chi connectivity index (χ4v) is 6.76. The number of piperidine rings is 1. The standard InChI is InChI=1S/C24H34N2O3S/c1-3-14-29-23-22(25-21(27)17-28-2)19-6-4-5-7-20(19)24(23)10-12-26(13-11-24)18-8-15-30-16-9-18/h3-7,18,22-23H,1,8-17H2,2H3,(H,25,27)/t22-,23+/m1/s1. The van der Waals surface area contributed by atoms with Crippen LogP contribution >= 0.6 is 11.8 Å². The zero-order chi connectivity index (χ0) is 21.0. The van der Waals surface area contributed by atoms with Crippen LogP contribution in [0.1, 0.15) is 42.9 Å². The van der Waals surface area contributed by atoms with Gasteiger partial charge in [0.05, 0.1) is 18.8 Å². The molecule has 1 N–H and O–H groups in total. The van der Waals surface area contributed by atoms with E-state index in [-0.39, 0.29) is 30.1 Å². The van der Waals surface area contributed by atoms with Gasteiger partial charge >= 0.3 is 0 Å². The molecule has 0 saturated carbocycles. The second-order valence-electron chi connectivity index (χ2n) is 8.64. The van der Waals surface area contributed by atoms with Gasteiger partial charge < -0.3 is 19.7 Å². The molecule has 4 rings (SSSR count). The van der Waals surface area contributed by atoms with Crippen molar-refractivity contribution in [2.45, 2.75) is 49.3 Å². The van der Waals surface area contributed by atoms with Crippen molar-refractivity contribution in [1.82, 2.24) is 10.2 Å². The Labute approximate surface area is 184 Å². The molecule has 2 heterocycles. The lowest BCUT2D eigenvalue weighted by atomic mass is 9.71. The molecule has 2 aliphatic heterocycles. The van der Waals surface area contributed by atoms with Gasteiger partial charge in [-0.2, -0.15) is 11.8 Å². The number of hydrogen-bond acceptors (Lipinski definition) is 5. The molecule has 2 atom stereocenters. The molecule has 1 aromatic rings. The van der Waals surface area contributed by atoms with E-state index >= 15 is 0 Å². The maximum atomic E-state index is 12.4. The number of rotatable bonds is 7. The lowest BCUT2D eigenvalue weighted by molar-refractivity contribution is -0.127. The molecule has 5 nitrogen and oxygen atoms in total. The Morgan fingerprint density at radius 3 is 2.73 bits per heavy atom. The van der Waals surface area contributed by atoms with E-state index in [0.717, 1.165) is 32.0 Å². The number of amides is 1. The first-order chi connectivity index (χ1) is 14.7. The van der Waals surface area contributed by atoms with Crippen LogP contribution in [0, 0.1) is 0 Å². The third kappa shape index (κ3) is 4.20. The maximum absolute atomic E-state index is 12.4. The zero-order valence-corrected chi connectivity index (χ0v) is 18.8. The van der Waals surface area contributed by atoms with Gasteiger partial charge in [-0.15, -0.1) is 6.58 Å². The number of likely N-dealkylation sites (tertiary alicyclic amines) is 1. The first-order valence-corrected chi connectivity index (χ1v) is 12.3. The van der Waals surface area contributed by atoms with Gasteiger partial charge in [0.1, 0.15) is 6.61 Å². The average Bonchev–Trinajstić information content (AvgIpc) is 3.02. The van der Waals surface area contributed by atoms with Gasteiger partial charge in [0.25, 0.3) is 0 Å². The Morgan fingerprint density at radius 2 is 2.03 bits per heavy atom. The summed E-state index contributed by atoms with van der Waals surface area (Å²) in [5.41, 5.74) is 2.48. The van der Waals surface area contributed by atoms with E-state index in [9.17, 15) is 4.79 Å². The summed E-state index contributed by atoms with van der Waals surface area (Å²) in [6.45, 7) is 6.59. The molecule has 2 saturated heterocycles. The highest BCUT2D eigenvalue weighted by Crippen LogP contribution is 2.52. The molecule has 1 aliphatic carbocycles. The van der Waals surface area contributed by atoms with Gasteiger partial charge in [0.2, 0.25) is 5.91 Å². The summed E-state index contributed by atoms with van der Waals surface area (Å²) in [6.07, 6.45) is 6.45. The van der Waals surface area contributed by atoms with E-state index in [0.29, 0.717) is 6.61 Å². The molecule has 2 fully saturated rings. The molecule has 0 unspecified atom stereocenters. The molecule has 1 aromatic carbocycles. The van der Waals surface area contributed by atoms with Crippen molar-refractivity contribution in [2.75, 3.05) is 44.9 Å². The number of hydrogen-bond donors (Lipinski definition) is 1. The fourth-order valence-electron chi connectivity index (χ4n) is 5.68. The highest BCUT2D eigenvalue weighted by molar-refractivity contribution is 7.99. The van der Waals surface area contributed by atoms with Crippen LogP contribution in [0.5, 0.6) is 0 Å². The molecule has 30 heavy (non-hydrogen) atoms. The fraction of sp³-hybridized carbons (Fsp3) is 0.625. The quantitative estimate of drug-likeness (QED) is 0.673. The van der Waals surface area contributed by atoms with Gasteiger partial charge in [0.15, 0.2) is 0 Å². The highest BCUT2D eigenvalue weighted by atomic mass is 32.2. The zero-order valence-electron chi connectivity index (χ0n) is 18.0. The van der Waals surface area contributed by atoms with Crippen LogP contribution in [-0.2, 0) is 19.7 Å². The number of carbonyl (C=O) groups excluding carboxylic acids is 1. The van der Waals surface area contributed by atoms with Crippen LogP contribution < -0.4 is 5.32 Å². The average molecular weight is 431 g/mol. The van der Waals surface area contributed by atoms with E-state index in [1.807, 2.05) is 0 Å². The molecule has 0 radical (unpaired) electrons. The number of ether oxygens (including phenoxy) is 2. The Morgan fingerprint density at radius 1 is 1.30 bits per heavy atom. The molecule has 6 heteroatoms. The maximum Gasteiger partial charge on any atom is 0.246 e. The van der Waals surface area contributed by atoms with E-state index in [4.69, 9.17) is 9.47 Å². The number of nitrogens with one attached hydrogen (secondary N) is 1. The summed E-state index contributed by atoms with van der Waals surface area (Å²) in [6, 6.07) is 9.15. The molecular weight excluding hydrogens is 396 g/mol. The SMILES string of the molecule is C=CCO[C@H]1[C@H](NC(=O)COC)c2ccccc2C12CCN(C1CCSCC1)CC2. The van der Waals surface area contributed by atoms with Crippen molar-refractivity contribution < 1.29 is 14.3 Å². The van der Waals surface area contributed by atoms with Crippen molar-refractivity contribution in [3.8, 4) is 0 Å². The summed E-state index contributed by atoms with van der Waals surface area (Å²) in [5, 5.41) is 3.20. The summed E-state index contributed by atoms with van der Waals surface area (Å²) in [7, 11) is 1.55. The largest absolute Gasteiger partial charge is 0.375 e. The first-order valence-electron chi connectivity index (χ1n) is 11.1. The number of benzene rings is 1. The number of thioether (sulfide) groups is 1. The van der Waals surface area contributed by atoms with E-state index in [1.165, 1.54) is 35.5 Å². The predicted molar refractivity (Wildman–Crippen MR) is 122 cm³/mol. The number of nitrogens with zero attached hydrogens (tertiary/aromatic N) is 1. The second-order valence-corrected chi connectivity index (χ2v) is 9.87. The molecule has 0 aromatic heterocycles. The van der Waals surface area contributed by atoms with Crippen molar-refractivity contribution in [1.29, 1.82) is 0 Å². The van der Waals surface area contributed by atoms with Gasteiger partial charge in [-0.05, 0) is 61.4 Å². The van der Waals surface area contributed by atoms with Crippen LogP contribution in [-0.4, -0.2) is 67.9 Å². The number of carbonyl (C=O) groups is 1. The second kappa shape index (κ2) is 9.86. The van der Waals surface area contributed by atoms with Crippen molar-refractivity contribution in [3.63, 3.8) is 0 Å². The first kappa shape index (κ1) is 21.9. The predicted octanol–water partition coefficient (Wildman–Crippen LogP) is 3.30. The summed E-state index contributed by atoms with van der Waals surface area (Å²) in [5.74, 6) is 2.47. The molecule has 1 spiro atoms. The summed E-state index contributed by atoms with van der Waals surface area (Å²) in [4.78, 5) is 15.1. The Kier molecular flexibility index (Phi) is 7.19. The minimum Gasteiger partial charge on any atom is -0.375 e. The minimum absolute atomic E-state index is 0.0628. The van der Waals surface area contributed by atoms with Gasteiger partial charge in [0, 0.05) is 18.6 Å². The van der Waals surface area contributed by atoms with Gasteiger partial charge in [-0.1, -0.05) is 30.3 Å². The lowest BCUT2D eigenvalue weighted by Crippen LogP contribution is -2.53. The van der Waals surface area contributed by atoms with Crippen molar-refractivity contribution in [3.05, 3.63) is 48.0 Å². The number of methoxy groups -OCH3 is 1. The normalized spacial score (nSPS) is 26.4. The molecule has 164 valence electrons. The molecule has 3 aliphatic rings. The van der Waals surface area contributed by atoms with Crippen LogP contribution in [0.4, 0.5) is 0 Å². The van der Waals surface area contributed by atoms with Crippen LogP contribution in [0.25, 0.3) is 0 Å². The van der Waals surface area contributed by atoms with E-state index in [2.05, 4.69) is 52.8 Å². The van der Waals surface area contributed by atoms with E-state index < -0.39 is 0 Å². The van der Waals surface area contributed by atoms with Crippen molar-refractivity contribution in [2.24, 2.45) is 0 Å². The Balaban J connectivity index is 1.60. The molecule has 0 bridgehead atoms. The molecule has 1 amide bonds. The summed E-state index contributed by atoms with van der Waals surface area (Å²) >= 11 is 2.09. The van der Waals surface area contributed by atoms with E-state index in [1.54, 1.807) is 13.2 Å². The van der Waals surface area contributed by atoms with Gasteiger partial charge in [-0.3, -0.25) is 4.79 Å².